The Morgan fingerprint density at radius 3 is 2.28 bits per heavy atom. The van der Waals surface area contributed by atoms with E-state index in [2.05, 4.69) is 36.1 Å². The van der Waals surface area contributed by atoms with Gasteiger partial charge in [0.2, 0.25) is 0 Å². The van der Waals surface area contributed by atoms with Gasteiger partial charge in [0.15, 0.2) is 0 Å². The summed E-state index contributed by atoms with van der Waals surface area (Å²) in [5.74, 6) is -0.333. The van der Waals surface area contributed by atoms with Gasteiger partial charge in [-0.1, -0.05) is 60.7 Å². The summed E-state index contributed by atoms with van der Waals surface area (Å²) in [4.78, 5) is 15.3. The van der Waals surface area contributed by atoms with Gasteiger partial charge in [-0.3, -0.25) is 9.69 Å². The highest BCUT2D eigenvalue weighted by molar-refractivity contribution is 5.79. The molecule has 25 heavy (non-hydrogen) atoms. The molecule has 0 saturated carbocycles. The highest BCUT2D eigenvalue weighted by Crippen LogP contribution is 2.37. The standard InChI is InChI=1S/C22H27NO2/c1-3-25-22(24)21(19-13-8-5-9-14-19)20-15-10-16-23(20)17(2)18-11-6-4-7-12-18/h4-9,11-14,17,20-21H,3,10,15-16H2,1-2H3/t17-,20+,21+/m0/s1. The number of ether oxygens (including phenoxy) is 1. The zero-order valence-corrected chi connectivity index (χ0v) is 15.1. The molecule has 2 aromatic carbocycles. The van der Waals surface area contributed by atoms with Gasteiger partial charge in [0, 0.05) is 12.1 Å². The monoisotopic (exact) mass is 337 g/mol. The molecule has 1 aliphatic rings. The molecule has 0 bridgehead atoms. The third kappa shape index (κ3) is 3.93. The highest BCUT2D eigenvalue weighted by atomic mass is 16.5. The van der Waals surface area contributed by atoms with E-state index in [4.69, 9.17) is 4.74 Å². The summed E-state index contributed by atoms with van der Waals surface area (Å²) < 4.78 is 5.44. The van der Waals surface area contributed by atoms with Gasteiger partial charge in [0.25, 0.3) is 0 Å². The predicted octanol–water partition coefficient (Wildman–Crippen LogP) is 4.56. The van der Waals surface area contributed by atoms with Crippen molar-refractivity contribution in [2.45, 2.75) is 44.7 Å². The van der Waals surface area contributed by atoms with Gasteiger partial charge < -0.3 is 4.74 Å². The number of rotatable bonds is 6. The summed E-state index contributed by atoms with van der Waals surface area (Å²) in [6, 6.07) is 21.1. The maximum Gasteiger partial charge on any atom is 0.315 e. The minimum atomic E-state index is -0.227. The molecule has 1 saturated heterocycles. The zero-order chi connectivity index (χ0) is 17.6. The Morgan fingerprint density at radius 1 is 1.08 bits per heavy atom. The van der Waals surface area contributed by atoms with Crippen LogP contribution in [0.25, 0.3) is 0 Å². The van der Waals surface area contributed by atoms with Crippen LogP contribution in [0.15, 0.2) is 60.7 Å². The number of hydrogen-bond acceptors (Lipinski definition) is 3. The van der Waals surface area contributed by atoms with Crippen LogP contribution in [0.3, 0.4) is 0 Å². The number of carbonyl (C=O) groups excluding carboxylic acids is 1. The Morgan fingerprint density at radius 2 is 1.68 bits per heavy atom. The zero-order valence-electron chi connectivity index (χ0n) is 15.1. The maximum atomic E-state index is 12.8. The quantitative estimate of drug-likeness (QED) is 0.724. The Bertz CT molecular complexity index is 671. The van der Waals surface area contributed by atoms with E-state index in [9.17, 15) is 4.79 Å². The molecule has 2 aromatic rings. The predicted molar refractivity (Wildman–Crippen MR) is 100 cm³/mol. The number of benzene rings is 2. The molecule has 3 nitrogen and oxygen atoms in total. The largest absolute Gasteiger partial charge is 0.465 e. The summed E-state index contributed by atoms with van der Waals surface area (Å²) in [5.41, 5.74) is 2.35. The summed E-state index contributed by atoms with van der Waals surface area (Å²) >= 11 is 0. The van der Waals surface area contributed by atoms with Crippen molar-refractivity contribution < 1.29 is 9.53 Å². The first-order valence-electron chi connectivity index (χ1n) is 9.24. The number of nitrogens with zero attached hydrogens (tertiary/aromatic N) is 1. The van der Waals surface area contributed by atoms with Crippen LogP contribution >= 0.6 is 0 Å². The molecule has 0 unspecified atom stereocenters. The van der Waals surface area contributed by atoms with Gasteiger partial charge in [-0.2, -0.15) is 0 Å². The second-order valence-corrected chi connectivity index (χ2v) is 6.67. The van der Waals surface area contributed by atoms with Gasteiger partial charge in [-0.15, -0.1) is 0 Å². The van der Waals surface area contributed by atoms with Crippen LogP contribution in [0.1, 0.15) is 49.8 Å². The van der Waals surface area contributed by atoms with E-state index in [1.54, 1.807) is 0 Å². The first-order valence-corrected chi connectivity index (χ1v) is 9.24. The lowest BCUT2D eigenvalue weighted by atomic mass is 9.89. The summed E-state index contributed by atoms with van der Waals surface area (Å²) in [5, 5.41) is 0. The number of esters is 1. The lowest BCUT2D eigenvalue weighted by Gasteiger charge is -2.35. The summed E-state index contributed by atoms with van der Waals surface area (Å²) in [6.07, 6.45) is 2.14. The number of hydrogen-bond donors (Lipinski definition) is 0. The normalized spacial score (nSPS) is 20.2. The van der Waals surface area contributed by atoms with Crippen molar-refractivity contribution in [1.82, 2.24) is 4.90 Å². The maximum absolute atomic E-state index is 12.8. The fourth-order valence-electron chi connectivity index (χ4n) is 3.98. The highest BCUT2D eigenvalue weighted by Gasteiger charge is 2.39. The number of carbonyl (C=O) groups is 1. The molecule has 0 aliphatic carbocycles. The van der Waals surface area contributed by atoms with Crippen molar-refractivity contribution in [2.75, 3.05) is 13.2 Å². The molecule has 0 spiro atoms. The van der Waals surface area contributed by atoms with Crippen LogP contribution in [-0.2, 0) is 9.53 Å². The molecule has 1 aliphatic heterocycles. The lowest BCUT2D eigenvalue weighted by molar-refractivity contribution is -0.146. The topological polar surface area (TPSA) is 29.5 Å². The molecule has 3 rings (SSSR count). The van der Waals surface area contributed by atoms with E-state index in [1.807, 2.05) is 43.3 Å². The van der Waals surface area contributed by atoms with E-state index >= 15 is 0 Å². The van der Waals surface area contributed by atoms with Crippen molar-refractivity contribution >= 4 is 5.97 Å². The van der Waals surface area contributed by atoms with E-state index < -0.39 is 0 Å². The van der Waals surface area contributed by atoms with Gasteiger partial charge in [-0.25, -0.2) is 0 Å². The minimum absolute atomic E-state index is 0.106. The van der Waals surface area contributed by atoms with E-state index in [1.165, 1.54) is 5.56 Å². The Balaban J connectivity index is 1.90. The average Bonchev–Trinajstić information content (AvgIpc) is 3.12. The summed E-state index contributed by atoms with van der Waals surface area (Å²) in [7, 11) is 0. The Kier molecular flexibility index (Phi) is 5.87. The molecule has 3 atom stereocenters. The molecular weight excluding hydrogens is 310 g/mol. The van der Waals surface area contributed by atoms with Crippen LogP contribution in [0.4, 0.5) is 0 Å². The van der Waals surface area contributed by atoms with Gasteiger partial charge in [0.1, 0.15) is 0 Å². The second-order valence-electron chi connectivity index (χ2n) is 6.67. The third-order valence-electron chi connectivity index (χ3n) is 5.21. The van der Waals surface area contributed by atoms with Crippen molar-refractivity contribution in [3.05, 3.63) is 71.8 Å². The Labute approximate surface area is 150 Å². The molecule has 1 fully saturated rings. The fourth-order valence-corrected chi connectivity index (χ4v) is 3.98. The first-order chi connectivity index (χ1) is 12.2. The molecular formula is C22H27NO2. The molecule has 0 amide bonds. The van der Waals surface area contributed by atoms with Crippen LogP contribution in [0.5, 0.6) is 0 Å². The average molecular weight is 337 g/mol. The van der Waals surface area contributed by atoms with E-state index in [0.717, 1.165) is 24.9 Å². The SMILES string of the molecule is CCOC(=O)[C@H](c1ccccc1)[C@H]1CCCN1[C@@H](C)c1ccccc1. The second kappa shape index (κ2) is 8.30. The molecule has 132 valence electrons. The van der Waals surface area contributed by atoms with Crippen LogP contribution in [-0.4, -0.2) is 30.1 Å². The fraction of sp³-hybridized carbons (Fsp3) is 0.409. The molecule has 0 N–H and O–H groups in total. The lowest BCUT2D eigenvalue weighted by Crippen LogP contribution is -2.40. The van der Waals surface area contributed by atoms with Crippen LogP contribution < -0.4 is 0 Å². The summed E-state index contributed by atoms with van der Waals surface area (Å²) in [6.45, 7) is 5.55. The van der Waals surface area contributed by atoms with Crippen molar-refractivity contribution in [1.29, 1.82) is 0 Å². The van der Waals surface area contributed by atoms with Crippen LogP contribution in [0.2, 0.25) is 0 Å². The van der Waals surface area contributed by atoms with Gasteiger partial charge in [-0.05, 0) is 44.4 Å². The van der Waals surface area contributed by atoms with Crippen molar-refractivity contribution in [3.8, 4) is 0 Å². The first kappa shape index (κ1) is 17.7. The van der Waals surface area contributed by atoms with Gasteiger partial charge >= 0.3 is 5.97 Å². The third-order valence-corrected chi connectivity index (χ3v) is 5.21. The Hall–Kier alpha value is -2.13. The van der Waals surface area contributed by atoms with E-state index in [0.29, 0.717) is 6.61 Å². The smallest absolute Gasteiger partial charge is 0.315 e. The van der Waals surface area contributed by atoms with Gasteiger partial charge in [0.05, 0.1) is 12.5 Å². The van der Waals surface area contributed by atoms with Crippen molar-refractivity contribution in [3.63, 3.8) is 0 Å². The molecule has 0 aromatic heterocycles. The van der Waals surface area contributed by atoms with Crippen molar-refractivity contribution in [2.24, 2.45) is 0 Å². The molecule has 1 heterocycles. The van der Waals surface area contributed by atoms with Crippen LogP contribution in [0, 0.1) is 0 Å². The minimum Gasteiger partial charge on any atom is -0.465 e. The van der Waals surface area contributed by atoms with E-state index in [-0.39, 0.29) is 24.0 Å². The molecule has 3 heteroatoms. The molecule has 0 radical (unpaired) electrons. The number of likely N-dealkylation sites (tertiary alicyclic amines) is 1.